The number of nitriles is 2. The molecule has 3 aromatic rings. The van der Waals surface area contributed by atoms with Crippen LogP contribution in [0, 0.1) is 29.6 Å². The Bertz CT molecular complexity index is 1060. The first kappa shape index (κ1) is 20.8. The van der Waals surface area contributed by atoms with Crippen LogP contribution in [0.25, 0.3) is 21.3 Å². The van der Waals surface area contributed by atoms with Crippen molar-refractivity contribution in [2.24, 2.45) is 0 Å². The van der Waals surface area contributed by atoms with E-state index < -0.39 is 0 Å². The molecule has 1 aromatic carbocycles. The third kappa shape index (κ3) is 5.11. The molecule has 0 atom stereocenters. The zero-order valence-corrected chi connectivity index (χ0v) is 17.6. The number of thiophene rings is 1. The Kier molecular flexibility index (Phi) is 7.18. The van der Waals surface area contributed by atoms with Crippen LogP contribution < -0.4 is 0 Å². The zero-order valence-electron chi connectivity index (χ0n) is 16.0. The van der Waals surface area contributed by atoms with Gasteiger partial charge in [-0.3, -0.25) is 4.79 Å². The summed E-state index contributed by atoms with van der Waals surface area (Å²) in [6, 6.07) is 12.4. The molecule has 0 unspecified atom stereocenters. The van der Waals surface area contributed by atoms with Crippen molar-refractivity contribution >= 4 is 39.2 Å². The summed E-state index contributed by atoms with van der Waals surface area (Å²) >= 11 is 2.93. The molecule has 0 aliphatic rings. The van der Waals surface area contributed by atoms with Crippen LogP contribution >= 0.6 is 23.1 Å². The molecule has 3 rings (SSSR count). The Balaban J connectivity index is 1.82. The van der Waals surface area contributed by atoms with Crippen LogP contribution in [0.15, 0.2) is 41.0 Å². The van der Waals surface area contributed by atoms with Crippen LogP contribution in [0.3, 0.4) is 0 Å². The molecule has 0 aliphatic heterocycles. The minimum atomic E-state index is -0.0978. The number of carbonyl (C=O) groups excluding carboxylic acids is 1. The van der Waals surface area contributed by atoms with Gasteiger partial charge in [0.25, 0.3) is 0 Å². The molecule has 0 fully saturated rings. The maximum absolute atomic E-state index is 12.6. The van der Waals surface area contributed by atoms with Gasteiger partial charge in [-0.1, -0.05) is 41.6 Å². The van der Waals surface area contributed by atoms with E-state index in [9.17, 15) is 4.79 Å². The van der Waals surface area contributed by atoms with Crippen molar-refractivity contribution in [3.05, 3.63) is 41.5 Å². The lowest BCUT2D eigenvalue weighted by molar-refractivity contribution is -0.128. The summed E-state index contributed by atoms with van der Waals surface area (Å²) < 4.78 is 0. The fourth-order valence-electron chi connectivity index (χ4n) is 2.86. The molecule has 0 spiro atoms. The van der Waals surface area contributed by atoms with E-state index >= 15 is 0 Å². The standard InChI is InChI=1S/C21H19N5OS2/c1-15-4-6-16(7-5-15)17-12-28-20-19(17)21(25-14-24-20)29-13-18(27)26(10-2-8-22)11-3-9-23/h4-7,12,14H,2-3,10-11,13H2,1H3. The van der Waals surface area contributed by atoms with E-state index in [-0.39, 0.29) is 24.5 Å². The highest BCUT2D eigenvalue weighted by molar-refractivity contribution is 8.00. The van der Waals surface area contributed by atoms with Crippen molar-refractivity contribution < 1.29 is 4.79 Å². The van der Waals surface area contributed by atoms with Crippen molar-refractivity contribution in [2.45, 2.75) is 24.8 Å². The molecule has 1 amide bonds. The lowest BCUT2D eigenvalue weighted by Gasteiger charge is -2.20. The van der Waals surface area contributed by atoms with Crippen molar-refractivity contribution in [2.75, 3.05) is 18.8 Å². The third-order valence-corrected chi connectivity index (χ3v) is 6.23. The first-order valence-electron chi connectivity index (χ1n) is 9.07. The van der Waals surface area contributed by atoms with E-state index in [1.807, 2.05) is 0 Å². The van der Waals surface area contributed by atoms with Gasteiger partial charge >= 0.3 is 0 Å². The van der Waals surface area contributed by atoms with Crippen molar-refractivity contribution in [1.82, 2.24) is 14.9 Å². The lowest BCUT2D eigenvalue weighted by Crippen LogP contribution is -2.34. The average Bonchev–Trinajstić information content (AvgIpc) is 3.17. The highest BCUT2D eigenvalue weighted by Gasteiger charge is 2.17. The predicted molar refractivity (Wildman–Crippen MR) is 115 cm³/mol. The van der Waals surface area contributed by atoms with E-state index in [0.29, 0.717) is 13.1 Å². The lowest BCUT2D eigenvalue weighted by atomic mass is 10.1. The third-order valence-electron chi connectivity index (χ3n) is 4.37. The van der Waals surface area contributed by atoms with E-state index in [1.54, 1.807) is 16.2 Å². The van der Waals surface area contributed by atoms with Gasteiger partial charge < -0.3 is 4.90 Å². The number of fused-ring (bicyclic) bond motifs is 1. The van der Waals surface area contributed by atoms with Crippen LogP contribution in [-0.4, -0.2) is 39.6 Å². The quantitative estimate of drug-likeness (QED) is 0.395. The Morgan fingerprint density at radius 1 is 1.14 bits per heavy atom. The summed E-state index contributed by atoms with van der Waals surface area (Å²) in [6.45, 7) is 2.73. The number of hydrogen-bond donors (Lipinski definition) is 0. The molecule has 2 aromatic heterocycles. The molecule has 29 heavy (non-hydrogen) atoms. The van der Waals surface area contributed by atoms with Crippen molar-refractivity contribution in [3.63, 3.8) is 0 Å². The SMILES string of the molecule is Cc1ccc(-c2csc3ncnc(SCC(=O)N(CCC#N)CCC#N)c23)cc1. The van der Waals surface area contributed by atoms with Gasteiger partial charge in [0.1, 0.15) is 16.2 Å². The number of rotatable bonds is 8. The van der Waals surface area contributed by atoms with E-state index in [2.05, 4.69) is 58.7 Å². The van der Waals surface area contributed by atoms with Gasteiger partial charge in [-0.15, -0.1) is 11.3 Å². The summed E-state index contributed by atoms with van der Waals surface area (Å²) in [5, 5.41) is 21.4. The number of thioether (sulfide) groups is 1. The minimum absolute atomic E-state index is 0.0978. The second-order valence-electron chi connectivity index (χ2n) is 6.36. The minimum Gasteiger partial charge on any atom is -0.340 e. The van der Waals surface area contributed by atoms with Gasteiger partial charge in [0.2, 0.25) is 5.91 Å². The number of carbonyl (C=O) groups is 1. The molecule has 6 nitrogen and oxygen atoms in total. The van der Waals surface area contributed by atoms with Crippen molar-refractivity contribution in [3.8, 4) is 23.3 Å². The first-order valence-corrected chi connectivity index (χ1v) is 10.9. The smallest absolute Gasteiger partial charge is 0.233 e. The molecule has 8 heteroatoms. The topological polar surface area (TPSA) is 93.7 Å². The monoisotopic (exact) mass is 421 g/mol. The van der Waals surface area contributed by atoms with Crippen LogP contribution in [0.1, 0.15) is 18.4 Å². The van der Waals surface area contributed by atoms with Crippen LogP contribution in [0.5, 0.6) is 0 Å². The van der Waals surface area contributed by atoms with Gasteiger partial charge in [0, 0.05) is 24.0 Å². The first-order chi connectivity index (χ1) is 14.1. The molecular formula is C21H19N5OS2. The van der Waals surface area contributed by atoms with Gasteiger partial charge in [-0.2, -0.15) is 10.5 Å². The number of benzene rings is 1. The van der Waals surface area contributed by atoms with E-state index in [4.69, 9.17) is 10.5 Å². The van der Waals surface area contributed by atoms with Gasteiger partial charge in [-0.05, 0) is 12.5 Å². The molecule has 0 radical (unpaired) electrons. The van der Waals surface area contributed by atoms with Gasteiger partial charge in [0.05, 0.1) is 36.1 Å². The fourth-order valence-corrected chi connectivity index (χ4v) is 4.75. The highest BCUT2D eigenvalue weighted by atomic mass is 32.2. The second-order valence-corrected chi connectivity index (χ2v) is 8.18. The maximum atomic E-state index is 12.6. The summed E-state index contributed by atoms with van der Waals surface area (Å²) in [5.41, 5.74) is 3.35. The van der Waals surface area contributed by atoms with E-state index in [0.717, 1.165) is 26.4 Å². The number of amides is 1. The fraction of sp³-hybridized carbons (Fsp3) is 0.286. The number of aromatic nitrogens is 2. The Morgan fingerprint density at radius 2 is 1.83 bits per heavy atom. The number of aryl methyl sites for hydroxylation is 1. The molecule has 0 saturated carbocycles. The molecule has 146 valence electrons. The van der Waals surface area contributed by atoms with Gasteiger partial charge in [-0.25, -0.2) is 9.97 Å². The molecule has 0 N–H and O–H groups in total. The van der Waals surface area contributed by atoms with Crippen LogP contribution in [-0.2, 0) is 4.79 Å². The Labute approximate surface area is 177 Å². The Hall–Kier alpha value is -2.94. The van der Waals surface area contributed by atoms with Crippen LogP contribution in [0.4, 0.5) is 0 Å². The van der Waals surface area contributed by atoms with Gasteiger partial charge in [0.15, 0.2) is 0 Å². The molecule has 0 saturated heterocycles. The molecule has 0 bridgehead atoms. The summed E-state index contributed by atoms with van der Waals surface area (Å²) in [6.07, 6.45) is 2.02. The molecular weight excluding hydrogens is 402 g/mol. The number of nitrogens with zero attached hydrogens (tertiary/aromatic N) is 5. The van der Waals surface area contributed by atoms with E-state index in [1.165, 1.54) is 23.7 Å². The largest absolute Gasteiger partial charge is 0.340 e. The summed E-state index contributed by atoms with van der Waals surface area (Å²) in [4.78, 5) is 23.9. The Morgan fingerprint density at radius 3 is 2.48 bits per heavy atom. The maximum Gasteiger partial charge on any atom is 0.233 e. The second kappa shape index (κ2) is 10.0. The predicted octanol–water partition coefficient (Wildman–Crippen LogP) is 4.41. The van der Waals surface area contributed by atoms with Crippen molar-refractivity contribution in [1.29, 1.82) is 10.5 Å². The zero-order chi connectivity index (χ0) is 20.6. The summed E-state index contributed by atoms with van der Waals surface area (Å²) in [7, 11) is 0. The molecule has 2 heterocycles. The summed E-state index contributed by atoms with van der Waals surface area (Å²) in [5.74, 6) is 0.103. The van der Waals surface area contributed by atoms with Crippen LogP contribution in [0.2, 0.25) is 0 Å². The number of hydrogen-bond acceptors (Lipinski definition) is 7. The average molecular weight is 422 g/mol. The molecule has 0 aliphatic carbocycles. The highest BCUT2D eigenvalue weighted by Crippen LogP contribution is 2.37. The normalized spacial score (nSPS) is 10.4.